The van der Waals surface area contributed by atoms with Crippen molar-refractivity contribution in [2.45, 2.75) is 26.4 Å². The summed E-state index contributed by atoms with van der Waals surface area (Å²) in [5.41, 5.74) is 5.40. The minimum atomic E-state index is -0.0770. The number of hydrogen-bond acceptors (Lipinski definition) is 5. The van der Waals surface area contributed by atoms with E-state index in [1.807, 2.05) is 42.8 Å². The van der Waals surface area contributed by atoms with Crippen molar-refractivity contribution in [2.75, 3.05) is 6.54 Å². The van der Waals surface area contributed by atoms with Gasteiger partial charge < -0.3 is 10.1 Å². The van der Waals surface area contributed by atoms with Gasteiger partial charge in [0.15, 0.2) is 0 Å². The minimum Gasteiger partial charge on any atom is -0.487 e. The van der Waals surface area contributed by atoms with Gasteiger partial charge in [0.1, 0.15) is 11.9 Å². The number of thiophene rings is 1. The van der Waals surface area contributed by atoms with Crippen LogP contribution in [0.2, 0.25) is 0 Å². The van der Waals surface area contributed by atoms with Gasteiger partial charge in [0, 0.05) is 29.1 Å². The number of aromatic nitrogens is 2. The van der Waals surface area contributed by atoms with Crippen LogP contribution in [-0.4, -0.2) is 28.5 Å². The van der Waals surface area contributed by atoms with E-state index in [1.165, 1.54) is 11.3 Å². The summed E-state index contributed by atoms with van der Waals surface area (Å²) < 4.78 is 6.18. The molecule has 1 aromatic carbocycles. The number of amides is 1. The van der Waals surface area contributed by atoms with Crippen LogP contribution < -0.4 is 10.1 Å². The Balaban J connectivity index is 1.52. The van der Waals surface area contributed by atoms with Crippen molar-refractivity contribution in [1.29, 1.82) is 0 Å². The molecule has 0 fully saturated rings. The minimum absolute atomic E-state index is 0.0635. The highest BCUT2D eigenvalue weighted by Crippen LogP contribution is 2.38. The molecule has 1 amide bonds. The third-order valence-electron chi connectivity index (χ3n) is 4.43. The van der Waals surface area contributed by atoms with Gasteiger partial charge >= 0.3 is 0 Å². The zero-order chi connectivity index (χ0) is 18.1. The fraction of sp³-hybridized carbons (Fsp3) is 0.250. The molecule has 5 nitrogen and oxygen atoms in total. The van der Waals surface area contributed by atoms with Crippen molar-refractivity contribution in [3.8, 4) is 17.0 Å². The predicted molar refractivity (Wildman–Crippen MR) is 102 cm³/mol. The Morgan fingerprint density at radius 1 is 1.35 bits per heavy atom. The van der Waals surface area contributed by atoms with Gasteiger partial charge in [-0.25, -0.2) is 4.98 Å². The van der Waals surface area contributed by atoms with E-state index in [4.69, 9.17) is 4.74 Å². The SMILES string of the molecule is Cc1cnc(C)c(-c2cccc3c2O[C@@H](CNC(=O)c2ccsc2)C3)n1. The van der Waals surface area contributed by atoms with E-state index in [2.05, 4.69) is 21.4 Å². The summed E-state index contributed by atoms with van der Waals surface area (Å²) in [7, 11) is 0. The number of nitrogens with one attached hydrogen (secondary N) is 1. The Labute approximate surface area is 156 Å². The maximum Gasteiger partial charge on any atom is 0.252 e. The Kier molecular flexibility index (Phi) is 4.42. The van der Waals surface area contributed by atoms with Crippen LogP contribution in [0.4, 0.5) is 0 Å². The normalized spacial score (nSPS) is 15.4. The fourth-order valence-corrected chi connectivity index (χ4v) is 3.77. The molecule has 3 aromatic rings. The third kappa shape index (κ3) is 3.20. The van der Waals surface area contributed by atoms with Gasteiger partial charge in [0.25, 0.3) is 5.91 Å². The Bertz CT molecular complexity index is 954. The lowest BCUT2D eigenvalue weighted by molar-refractivity contribution is 0.0934. The first kappa shape index (κ1) is 16.7. The molecule has 4 rings (SSSR count). The predicted octanol–water partition coefficient (Wildman–Crippen LogP) is 3.56. The summed E-state index contributed by atoms with van der Waals surface area (Å²) in [5, 5.41) is 6.70. The maximum absolute atomic E-state index is 12.1. The lowest BCUT2D eigenvalue weighted by Crippen LogP contribution is -2.34. The largest absolute Gasteiger partial charge is 0.487 e. The smallest absolute Gasteiger partial charge is 0.252 e. The average Bonchev–Trinajstić information content (AvgIpc) is 3.30. The first-order chi connectivity index (χ1) is 12.6. The van der Waals surface area contributed by atoms with Crippen LogP contribution in [0.3, 0.4) is 0 Å². The third-order valence-corrected chi connectivity index (χ3v) is 5.12. The Morgan fingerprint density at radius 2 is 2.23 bits per heavy atom. The summed E-state index contributed by atoms with van der Waals surface area (Å²) in [6.07, 6.45) is 2.46. The fourth-order valence-electron chi connectivity index (χ4n) is 3.13. The van der Waals surface area contributed by atoms with Crippen molar-refractivity contribution in [3.05, 3.63) is 63.7 Å². The van der Waals surface area contributed by atoms with Crippen LogP contribution in [0.1, 0.15) is 27.3 Å². The molecule has 1 N–H and O–H groups in total. The molecule has 1 aliphatic rings. The number of nitrogens with zero attached hydrogens (tertiary/aromatic N) is 2. The molecule has 0 bridgehead atoms. The second-order valence-electron chi connectivity index (χ2n) is 6.41. The van der Waals surface area contributed by atoms with E-state index >= 15 is 0 Å². The maximum atomic E-state index is 12.1. The van der Waals surface area contributed by atoms with E-state index in [0.29, 0.717) is 12.1 Å². The molecule has 6 heteroatoms. The lowest BCUT2D eigenvalue weighted by atomic mass is 10.0. The molecular weight excluding hydrogens is 346 g/mol. The highest BCUT2D eigenvalue weighted by molar-refractivity contribution is 7.08. The number of carbonyl (C=O) groups is 1. The zero-order valence-electron chi connectivity index (χ0n) is 14.7. The number of benzene rings is 1. The van der Waals surface area contributed by atoms with Crippen molar-refractivity contribution >= 4 is 17.2 Å². The number of fused-ring (bicyclic) bond motifs is 1. The molecule has 1 aliphatic heterocycles. The van der Waals surface area contributed by atoms with E-state index in [0.717, 1.165) is 40.4 Å². The number of para-hydroxylation sites is 1. The molecule has 0 spiro atoms. The number of aryl methyl sites for hydroxylation is 2. The van der Waals surface area contributed by atoms with Gasteiger partial charge in [0.2, 0.25) is 0 Å². The summed E-state index contributed by atoms with van der Waals surface area (Å²) >= 11 is 1.51. The molecule has 2 aromatic heterocycles. The van der Waals surface area contributed by atoms with E-state index < -0.39 is 0 Å². The Morgan fingerprint density at radius 3 is 3.04 bits per heavy atom. The first-order valence-corrected chi connectivity index (χ1v) is 9.45. The zero-order valence-corrected chi connectivity index (χ0v) is 15.5. The molecule has 0 saturated carbocycles. The van der Waals surface area contributed by atoms with Crippen LogP contribution >= 0.6 is 11.3 Å². The quantitative estimate of drug-likeness (QED) is 0.768. The molecule has 0 aliphatic carbocycles. The molecule has 0 saturated heterocycles. The van der Waals surface area contributed by atoms with Crippen LogP contribution in [0.25, 0.3) is 11.3 Å². The monoisotopic (exact) mass is 365 g/mol. The summed E-state index contributed by atoms with van der Waals surface area (Å²) in [5.74, 6) is 0.789. The van der Waals surface area contributed by atoms with E-state index in [1.54, 1.807) is 6.20 Å². The van der Waals surface area contributed by atoms with Crippen molar-refractivity contribution in [1.82, 2.24) is 15.3 Å². The van der Waals surface area contributed by atoms with Gasteiger partial charge in [-0.05, 0) is 36.9 Å². The van der Waals surface area contributed by atoms with E-state index in [9.17, 15) is 4.79 Å². The van der Waals surface area contributed by atoms with Crippen LogP contribution in [-0.2, 0) is 6.42 Å². The second-order valence-corrected chi connectivity index (χ2v) is 7.19. The molecule has 132 valence electrons. The number of hydrogen-bond donors (Lipinski definition) is 1. The summed E-state index contributed by atoms with van der Waals surface area (Å²) in [4.78, 5) is 21.2. The van der Waals surface area contributed by atoms with Gasteiger partial charge in [-0.3, -0.25) is 9.78 Å². The molecule has 26 heavy (non-hydrogen) atoms. The number of ether oxygens (including phenoxy) is 1. The molecule has 0 unspecified atom stereocenters. The Hall–Kier alpha value is -2.73. The second kappa shape index (κ2) is 6.88. The summed E-state index contributed by atoms with van der Waals surface area (Å²) in [6.45, 7) is 4.36. The molecule has 1 atom stereocenters. The van der Waals surface area contributed by atoms with Crippen molar-refractivity contribution < 1.29 is 9.53 Å². The standard InChI is InChI=1S/C20H19N3O2S/c1-12-9-21-13(2)18(23-12)17-5-3-4-14-8-16(25-19(14)17)10-22-20(24)15-6-7-26-11-15/h3-7,9,11,16H,8,10H2,1-2H3,(H,22,24)/t16-/m1/s1. The van der Waals surface area contributed by atoms with Crippen LogP contribution in [0, 0.1) is 13.8 Å². The first-order valence-electron chi connectivity index (χ1n) is 8.51. The van der Waals surface area contributed by atoms with Crippen molar-refractivity contribution in [3.63, 3.8) is 0 Å². The van der Waals surface area contributed by atoms with Gasteiger partial charge in [0.05, 0.1) is 23.6 Å². The van der Waals surface area contributed by atoms with Crippen molar-refractivity contribution in [2.24, 2.45) is 0 Å². The molecule has 0 radical (unpaired) electrons. The topological polar surface area (TPSA) is 64.1 Å². The van der Waals surface area contributed by atoms with Gasteiger partial charge in [-0.2, -0.15) is 11.3 Å². The van der Waals surface area contributed by atoms with Crippen LogP contribution in [0.5, 0.6) is 5.75 Å². The number of carbonyl (C=O) groups excluding carboxylic acids is 1. The van der Waals surface area contributed by atoms with E-state index in [-0.39, 0.29) is 12.0 Å². The average molecular weight is 365 g/mol. The van der Waals surface area contributed by atoms with Crippen LogP contribution in [0.15, 0.2) is 41.2 Å². The molecule has 3 heterocycles. The highest BCUT2D eigenvalue weighted by Gasteiger charge is 2.27. The number of rotatable bonds is 4. The highest BCUT2D eigenvalue weighted by atomic mass is 32.1. The molecular formula is C20H19N3O2S. The van der Waals surface area contributed by atoms with Gasteiger partial charge in [-0.1, -0.05) is 12.1 Å². The lowest BCUT2D eigenvalue weighted by Gasteiger charge is -2.14. The summed E-state index contributed by atoms with van der Waals surface area (Å²) in [6, 6.07) is 7.93. The van der Waals surface area contributed by atoms with Gasteiger partial charge in [-0.15, -0.1) is 0 Å².